The molecular weight excluding hydrogens is 324 g/mol. The van der Waals surface area contributed by atoms with Crippen LogP contribution >= 0.6 is 11.8 Å². The van der Waals surface area contributed by atoms with Gasteiger partial charge in [-0.05, 0) is 37.8 Å². The van der Waals surface area contributed by atoms with Gasteiger partial charge in [0.1, 0.15) is 0 Å². The third-order valence-electron chi connectivity index (χ3n) is 4.97. The minimum Gasteiger partial charge on any atom is -0.361 e. The predicted octanol–water partition coefficient (Wildman–Crippen LogP) is 3.95. The SMILES string of the molecule is Cc1cc(C2C3=C(CCS3)NC3=C2C(=O)CCC3)ccc1[N+](=O)[O-]. The van der Waals surface area contributed by atoms with Crippen molar-refractivity contribution < 1.29 is 9.72 Å². The number of hydrogen-bond donors (Lipinski definition) is 1. The highest BCUT2D eigenvalue weighted by Gasteiger charge is 2.38. The van der Waals surface area contributed by atoms with Gasteiger partial charge in [0, 0.05) is 51.6 Å². The van der Waals surface area contributed by atoms with Gasteiger partial charge in [0.15, 0.2) is 5.78 Å². The van der Waals surface area contributed by atoms with Gasteiger partial charge in [-0.1, -0.05) is 6.07 Å². The van der Waals surface area contributed by atoms with Gasteiger partial charge in [-0.3, -0.25) is 14.9 Å². The summed E-state index contributed by atoms with van der Waals surface area (Å²) in [6.07, 6.45) is 3.39. The van der Waals surface area contributed by atoms with Crippen LogP contribution in [0.15, 0.2) is 40.1 Å². The molecule has 1 unspecified atom stereocenters. The summed E-state index contributed by atoms with van der Waals surface area (Å²) in [5.41, 5.74) is 4.94. The summed E-state index contributed by atoms with van der Waals surface area (Å²) >= 11 is 1.80. The minimum absolute atomic E-state index is 0.0592. The first-order valence-electron chi connectivity index (χ1n) is 8.20. The molecule has 24 heavy (non-hydrogen) atoms. The molecule has 2 heterocycles. The molecule has 0 spiro atoms. The Morgan fingerprint density at radius 1 is 1.25 bits per heavy atom. The van der Waals surface area contributed by atoms with E-state index in [0.29, 0.717) is 12.0 Å². The Bertz CT molecular complexity index is 826. The Labute approximate surface area is 144 Å². The Kier molecular flexibility index (Phi) is 3.72. The van der Waals surface area contributed by atoms with Gasteiger partial charge in [0.05, 0.1) is 4.92 Å². The summed E-state index contributed by atoms with van der Waals surface area (Å²) in [6.45, 7) is 1.76. The van der Waals surface area contributed by atoms with Crippen LogP contribution in [0.5, 0.6) is 0 Å². The average Bonchev–Trinajstić information content (AvgIpc) is 3.00. The van der Waals surface area contributed by atoms with E-state index in [1.165, 1.54) is 10.6 Å². The fraction of sp³-hybridized carbons (Fsp3) is 0.389. The number of allylic oxidation sites excluding steroid dienone is 4. The minimum atomic E-state index is -0.354. The van der Waals surface area contributed by atoms with E-state index >= 15 is 0 Å². The van der Waals surface area contributed by atoms with E-state index in [-0.39, 0.29) is 22.3 Å². The molecule has 2 aliphatic heterocycles. The molecule has 0 aromatic heterocycles. The highest BCUT2D eigenvalue weighted by atomic mass is 32.2. The van der Waals surface area contributed by atoms with Crippen molar-refractivity contribution in [3.8, 4) is 0 Å². The number of thioether (sulfide) groups is 1. The van der Waals surface area contributed by atoms with Crippen molar-refractivity contribution in [2.75, 3.05) is 5.75 Å². The standard InChI is InChI=1S/C18H18N2O3S/c1-10-9-11(5-6-14(10)20(22)23)16-17-12(3-2-4-15(17)21)19-13-7-8-24-18(13)16/h5-6,9,16,19H,2-4,7-8H2,1H3. The number of Topliss-reactive ketones (excluding diaryl/α,β-unsaturated/α-hetero) is 1. The highest BCUT2D eigenvalue weighted by molar-refractivity contribution is 8.03. The quantitative estimate of drug-likeness (QED) is 0.651. The van der Waals surface area contributed by atoms with E-state index in [0.717, 1.165) is 41.8 Å². The number of carbonyl (C=O) groups excluding carboxylic acids is 1. The van der Waals surface area contributed by atoms with E-state index in [1.807, 2.05) is 12.1 Å². The van der Waals surface area contributed by atoms with Crippen molar-refractivity contribution >= 4 is 23.2 Å². The molecule has 4 rings (SSSR count). The Morgan fingerprint density at radius 3 is 2.83 bits per heavy atom. The Balaban J connectivity index is 1.85. The van der Waals surface area contributed by atoms with Crippen LogP contribution in [0.25, 0.3) is 0 Å². The van der Waals surface area contributed by atoms with Crippen LogP contribution in [-0.2, 0) is 4.79 Å². The number of ketones is 1. The van der Waals surface area contributed by atoms with Gasteiger partial charge in [0.2, 0.25) is 0 Å². The summed E-state index contributed by atoms with van der Waals surface area (Å²) in [7, 11) is 0. The molecule has 3 aliphatic rings. The normalized spacial score (nSPS) is 23.0. The maximum absolute atomic E-state index is 12.6. The van der Waals surface area contributed by atoms with Gasteiger partial charge < -0.3 is 5.32 Å². The number of nitrogens with zero attached hydrogens (tertiary/aromatic N) is 1. The van der Waals surface area contributed by atoms with Crippen LogP contribution in [0.4, 0.5) is 5.69 Å². The molecule has 0 fully saturated rings. The lowest BCUT2D eigenvalue weighted by atomic mass is 9.79. The third kappa shape index (κ3) is 2.36. The van der Waals surface area contributed by atoms with Crippen molar-refractivity contribution in [3.05, 3.63) is 61.3 Å². The lowest BCUT2D eigenvalue weighted by molar-refractivity contribution is -0.385. The second kappa shape index (κ2) is 5.77. The molecule has 5 nitrogen and oxygen atoms in total. The van der Waals surface area contributed by atoms with Gasteiger partial charge in [-0.15, -0.1) is 11.8 Å². The van der Waals surface area contributed by atoms with E-state index in [1.54, 1.807) is 24.8 Å². The summed E-state index contributed by atoms with van der Waals surface area (Å²) in [5.74, 6) is 1.18. The molecule has 0 saturated carbocycles. The lowest BCUT2D eigenvalue weighted by Crippen LogP contribution is -2.30. The number of rotatable bonds is 2. The Morgan fingerprint density at radius 2 is 2.08 bits per heavy atom. The number of benzene rings is 1. The molecule has 1 aromatic carbocycles. The number of carbonyl (C=O) groups is 1. The third-order valence-corrected chi connectivity index (χ3v) is 6.17. The zero-order valence-corrected chi connectivity index (χ0v) is 14.2. The largest absolute Gasteiger partial charge is 0.361 e. The van der Waals surface area contributed by atoms with Crippen LogP contribution in [-0.4, -0.2) is 16.5 Å². The van der Waals surface area contributed by atoms with E-state index in [9.17, 15) is 14.9 Å². The summed E-state index contributed by atoms with van der Waals surface area (Å²) in [4.78, 5) is 24.6. The molecule has 1 atom stereocenters. The van der Waals surface area contributed by atoms with Crippen LogP contribution < -0.4 is 5.32 Å². The van der Waals surface area contributed by atoms with Crippen LogP contribution in [0.3, 0.4) is 0 Å². The monoisotopic (exact) mass is 342 g/mol. The maximum Gasteiger partial charge on any atom is 0.272 e. The molecule has 0 bridgehead atoms. The fourth-order valence-electron chi connectivity index (χ4n) is 3.88. The fourth-order valence-corrected chi connectivity index (χ4v) is 5.15. The molecule has 6 heteroatoms. The van der Waals surface area contributed by atoms with Gasteiger partial charge >= 0.3 is 0 Å². The Hall–Kier alpha value is -2.08. The summed E-state index contributed by atoms with van der Waals surface area (Å²) in [5, 5.41) is 14.6. The molecule has 0 amide bonds. The first-order chi connectivity index (χ1) is 11.6. The average molecular weight is 342 g/mol. The molecular formula is C18H18N2O3S. The van der Waals surface area contributed by atoms with Crippen molar-refractivity contribution in [2.45, 2.75) is 38.5 Å². The molecule has 1 N–H and O–H groups in total. The maximum atomic E-state index is 12.6. The molecule has 0 saturated heterocycles. The van der Waals surface area contributed by atoms with Gasteiger partial charge in [-0.25, -0.2) is 0 Å². The van der Waals surface area contributed by atoms with Crippen molar-refractivity contribution in [1.82, 2.24) is 5.32 Å². The zero-order chi connectivity index (χ0) is 16.8. The molecule has 1 aliphatic carbocycles. The van der Waals surface area contributed by atoms with Crippen LogP contribution in [0, 0.1) is 17.0 Å². The number of aryl methyl sites for hydroxylation is 1. The number of nitro groups is 1. The molecule has 124 valence electrons. The summed E-state index contributed by atoms with van der Waals surface area (Å²) < 4.78 is 0. The van der Waals surface area contributed by atoms with E-state index < -0.39 is 0 Å². The smallest absolute Gasteiger partial charge is 0.272 e. The van der Waals surface area contributed by atoms with Crippen LogP contribution in [0.1, 0.15) is 42.7 Å². The second-order valence-corrected chi connectivity index (χ2v) is 7.61. The zero-order valence-electron chi connectivity index (χ0n) is 13.4. The number of hydrogen-bond acceptors (Lipinski definition) is 5. The number of dihydropyridines is 1. The lowest BCUT2D eigenvalue weighted by Gasteiger charge is -2.33. The van der Waals surface area contributed by atoms with E-state index in [2.05, 4.69) is 5.32 Å². The van der Waals surface area contributed by atoms with E-state index in [4.69, 9.17) is 0 Å². The predicted molar refractivity (Wildman–Crippen MR) is 93.7 cm³/mol. The van der Waals surface area contributed by atoms with Crippen molar-refractivity contribution in [2.24, 2.45) is 0 Å². The van der Waals surface area contributed by atoms with Crippen molar-refractivity contribution in [3.63, 3.8) is 0 Å². The topological polar surface area (TPSA) is 72.2 Å². The highest BCUT2D eigenvalue weighted by Crippen LogP contribution is 2.50. The van der Waals surface area contributed by atoms with Crippen molar-refractivity contribution in [1.29, 1.82) is 0 Å². The number of nitro benzene ring substituents is 1. The first-order valence-corrected chi connectivity index (χ1v) is 9.19. The first kappa shape index (κ1) is 15.4. The summed E-state index contributed by atoms with van der Waals surface area (Å²) in [6, 6.07) is 5.27. The van der Waals surface area contributed by atoms with Gasteiger partial charge in [-0.2, -0.15) is 0 Å². The molecule has 0 radical (unpaired) electrons. The molecule has 1 aromatic rings. The number of nitrogens with one attached hydrogen (secondary N) is 1. The van der Waals surface area contributed by atoms with Crippen LogP contribution in [0.2, 0.25) is 0 Å². The van der Waals surface area contributed by atoms with Gasteiger partial charge in [0.25, 0.3) is 5.69 Å². The second-order valence-electron chi connectivity index (χ2n) is 6.47.